The lowest BCUT2D eigenvalue weighted by Gasteiger charge is -2.41. The number of carbonyl (C=O) groups excluding carboxylic acids is 1. The number of likely N-dealkylation sites (tertiary alicyclic amines) is 1. The van der Waals surface area contributed by atoms with Gasteiger partial charge in [0.1, 0.15) is 0 Å². The number of fused-ring (bicyclic) bond motifs is 1. The molecule has 4 nitrogen and oxygen atoms in total. The molecule has 0 radical (unpaired) electrons. The van der Waals surface area contributed by atoms with Crippen molar-refractivity contribution in [3.8, 4) is 0 Å². The summed E-state index contributed by atoms with van der Waals surface area (Å²) in [5.74, 6) is 1.56. The fourth-order valence-electron chi connectivity index (χ4n) is 3.83. The third kappa shape index (κ3) is 4.19. The van der Waals surface area contributed by atoms with Crippen LogP contribution in [0.5, 0.6) is 0 Å². The van der Waals surface area contributed by atoms with Crippen LogP contribution in [0.2, 0.25) is 0 Å². The second-order valence-electron chi connectivity index (χ2n) is 7.13. The molecule has 1 heterocycles. The van der Waals surface area contributed by atoms with Crippen molar-refractivity contribution in [1.82, 2.24) is 4.90 Å². The van der Waals surface area contributed by atoms with Crippen LogP contribution in [-0.2, 0) is 4.79 Å². The van der Waals surface area contributed by atoms with E-state index in [1.807, 2.05) is 0 Å². The van der Waals surface area contributed by atoms with Gasteiger partial charge in [-0.1, -0.05) is 19.3 Å². The molecule has 1 saturated heterocycles. The average Bonchev–Trinajstić information content (AvgIpc) is 2.43. The highest BCUT2D eigenvalue weighted by atomic mass is 16.1. The molecule has 0 spiro atoms. The van der Waals surface area contributed by atoms with Crippen molar-refractivity contribution >= 4 is 5.91 Å². The topological polar surface area (TPSA) is 72.3 Å². The summed E-state index contributed by atoms with van der Waals surface area (Å²) in [6.07, 6.45) is 9.97. The molecule has 2 aliphatic rings. The van der Waals surface area contributed by atoms with Gasteiger partial charge in [-0.3, -0.25) is 4.79 Å². The first-order valence-electron chi connectivity index (χ1n) is 8.30. The van der Waals surface area contributed by atoms with E-state index in [0.717, 1.165) is 31.2 Å². The van der Waals surface area contributed by atoms with Crippen LogP contribution in [0.3, 0.4) is 0 Å². The Labute approximate surface area is 123 Å². The fourth-order valence-corrected chi connectivity index (χ4v) is 3.83. The number of carbonyl (C=O) groups is 1. The molecule has 1 amide bonds. The molecule has 4 heteroatoms. The monoisotopic (exact) mass is 281 g/mol. The molecule has 1 saturated carbocycles. The number of nitrogens with zero attached hydrogens (tertiary/aromatic N) is 1. The van der Waals surface area contributed by atoms with E-state index in [-0.39, 0.29) is 5.91 Å². The van der Waals surface area contributed by atoms with Crippen LogP contribution in [0.1, 0.15) is 58.3 Å². The van der Waals surface area contributed by atoms with Gasteiger partial charge < -0.3 is 16.4 Å². The Hall–Kier alpha value is -0.610. The van der Waals surface area contributed by atoms with Crippen LogP contribution in [-0.4, -0.2) is 36.0 Å². The highest BCUT2D eigenvalue weighted by Crippen LogP contribution is 2.36. The summed E-state index contributed by atoms with van der Waals surface area (Å²) >= 11 is 0. The van der Waals surface area contributed by atoms with Crippen molar-refractivity contribution in [1.29, 1.82) is 0 Å². The number of primary amides is 1. The number of unbranched alkanes of at least 4 members (excludes halogenated alkanes) is 1. The SMILES string of the molecule is CC(N)(CCCCN1CCC2CCCCC2C1)C(N)=O. The molecule has 0 aromatic carbocycles. The molecule has 3 unspecified atom stereocenters. The normalized spacial score (nSPS) is 30.5. The number of nitrogens with two attached hydrogens (primary N) is 2. The standard InChI is InChI=1S/C16H31N3O/c1-16(18,15(17)20)9-4-5-10-19-11-8-13-6-2-3-7-14(13)12-19/h13-14H,2-12,18H2,1H3,(H2,17,20). The maximum absolute atomic E-state index is 11.2. The van der Waals surface area contributed by atoms with Crippen molar-refractivity contribution in [2.75, 3.05) is 19.6 Å². The highest BCUT2D eigenvalue weighted by Gasteiger charge is 2.31. The minimum absolute atomic E-state index is 0.388. The van der Waals surface area contributed by atoms with Crippen molar-refractivity contribution < 1.29 is 4.79 Å². The van der Waals surface area contributed by atoms with E-state index in [2.05, 4.69) is 4.90 Å². The van der Waals surface area contributed by atoms with Gasteiger partial charge in [-0.25, -0.2) is 0 Å². The molecule has 2 fully saturated rings. The molecule has 0 aromatic rings. The molecular weight excluding hydrogens is 250 g/mol. The third-order valence-electron chi connectivity index (χ3n) is 5.36. The van der Waals surface area contributed by atoms with Crippen LogP contribution >= 0.6 is 0 Å². The van der Waals surface area contributed by atoms with E-state index in [4.69, 9.17) is 11.5 Å². The smallest absolute Gasteiger partial charge is 0.237 e. The predicted molar refractivity (Wildman–Crippen MR) is 82.1 cm³/mol. The molecule has 0 aromatic heterocycles. The van der Waals surface area contributed by atoms with Gasteiger partial charge in [0.2, 0.25) is 5.91 Å². The number of rotatable bonds is 6. The van der Waals surface area contributed by atoms with E-state index in [9.17, 15) is 4.79 Å². The summed E-state index contributed by atoms with van der Waals surface area (Å²) in [6, 6.07) is 0. The second kappa shape index (κ2) is 6.90. The fraction of sp³-hybridized carbons (Fsp3) is 0.938. The van der Waals surface area contributed by atoms with Gasteiger partial charge in [0.15, 0.2) is 0 Å². The minimum atomic E-state index is -0.837. The van der Waals surface area contributed by atoms with Crippen LogP contribution in [0.25, 0.3) is 0 Å². The second-order valence-corrected chi connectivity index (χ2v) is 7.13. The average molecular weight is 281 g/mol. The molecule has 1 aliphatic carbocycles. The highest BCUT2D eigenvalue weighted by molar-refractivity contribution is 5.83. The van der Waals surface area contributed by atoms with Crippen molar-refractivity contribution in [3.05, 3.63) is 0 Å². The Morgan fingerprint density at radius 3 is 2.60 bits per heavy atom. The zero-order valence-electron chi connectivity index (χ0n) is 12.9. The molecule has 20 heavy (non-hydrogen) atoms. The summed E-state index contributed by atoms with van der Waals surface area (Å²) < 4.78 is 0. The van der Waals surface area contributed by atoms with Gasteiger partial charge in [0.25, 0.3) is 0 Å². The largest absolute Gasteiger partial charge is 0.368 e. The number of hydrogen-bond acceptors (Lipinski definition) is 3. The quantitative estimate of drug-likeness (QED) is 0.730. The first kappa shape index (κ1) is 15.8. The lowest BCUT2D eigenvalue weighted by Crippen LogP contribution is -2.49. The summed E-state index contributed by atoms with van der Waals surface area (Å²) in [7, 11) is 0. The first-order valence-corrected chi connectivity index (χ1v) is 8.30. The Morgan fingerprint density at radius 1 is 1.20 bits per heavy atom. The summed E-state index contributed by atoms with van der Waals surface area (Å²) in [5.41, 5.74) is 10.3. The zero-order chi connectivity index (χ0) is 14.6. The van der Waals surface area contributed by atoms with E-state index in [1.54, 1.807) is 6.92 Å². The van der Waals surface area contributed by atoms with Crippen LogP contribution < -0.4 is 11.5 Å². The molecule has 4 N–H and O–H groups in total. The summed E-state index contributed by atoms with van der Waals surface area (Å²) in [6.45, 7) is 5.44. The van der Waals surface area contributed by atoms with Crippen molar-refractivity contribution in [3.63, 3.8) is 0 Å². The molecule has 3 atom stereocenters. The molecule has 116 valence electrons. The van der Waals surface area contributed by atoms with Gasteiger partial charge in [0, 0.05) is 6.54 Å². The van der Waals surface area contributed by atoms with Crippen LogP contribution in [0, 0.1) is 11.8 Å². The molecule has 2 rings (SSSR count). The lowest BCUT2D eigenvalue weighted by molar-refractivity contribution is -0.122. The lowest BCUT2D eigenvalue weighted by atomic mass is 9.75. The van der Waals surface area contributed by atoms with E-state index >= 15 is 0 Å². The number of piperidine rings is 1. The van der Waals surface area contributed by atoms with Gasteiger partial charge in [-0.2, -0.15) is 0 Å². The third-order valence-corrected chi connectivity index (χ3v) is 5.36. The van der Waals surface area contributed by atoms with Crippen molar-refractivity contribution in [2.24, 2.45) is 23.3 Å². The molecular formula is C16H31N3O. The first-order chi connectivity index (χ1) is 9.49. The molecule has 1 aliphatic heterocycles. The predicted octanol–water partition coefficient (Wildman–Crippen LogP) is 1.87. The van der Waals surface area contributed by atoms with Crippen LogP contribution in [0.15, 0.2) is 0 Å². The Morgan fingerprint density at radius 2 is 1.90 bits per heavy atom. The Balaban J connectivity index is 1.64. The Bertz CT molecular complexity index is 330. The van der Waals surface area contributed by atoms with E-state index in [1.165, 1.54) is 45.2 Å². The van der Waals surface area contributed by atoms with Gasteiger partial charge >= 0.3 is 0 Å². The van der Waals surface area contributed by atoms with E-state index < -0.39 is 5.54 Å². The van der Waals surface area contributed by atoms with Crippen LogP contribution in [0.4, 0.5) is 0 Å². The molecule has 0 bridgehead atoms. The summed E-state index contributed by atoms with van der Waals surface area (Å²) in [4.78, 5) is 13.8. The number of hydrogen-bond donors (Lipinski definition) is 2. The van der Waals surface area contributed by atoms with Gasteiger partial charge in [-0.15, -0.1) is 0 Å². The minimum Gasteiger partial charge on any atom is -0.368 e. The number of amides is 1. The van der Waals surface area contributed by atoms with E-state index in [0.29, 0.717) is 6.42 Å². The zero-order valence-corrected chi connectivity index (χ0v) is 12.9. The van der Waals surface area contributed by atoms with Crippen molar-refractivity contribution in [2.45, 2.75) is 63.8 Å². The van der Waals surface area contributed by atoms with Gasteiger partial charge in [0.05, 0.1) is 5.54 Å². The van der Waals surface area contributed by atoms with Gasteiger partial charge in [-0.05, 0) is 64.0 Å². The maximum Gasteiger partial charge on any atom is 0.237 e. The summed E-state index contributed by atoms with van der Waals surface area (Å²) in [5, 5.41) is 0. The maximum atomic E-state index is 11.2. The Kier molecular flexibility index (Phi) is 5.44.